The summed E-state index contributed by atoms with van der Waals surface area (Å²) < 4.78 is 0. The monoisotopic (exact) mass is 395 g/mol. The zero-order valence-corrected chi connectivity index (χ0v) is 17.5. The van der Waals surface area contributed by atoms with Crippen LogP contribution in [0.25, 0.3) is 0 Å². The minimum atomic E-state index is 0.304. The molecule has 0 aliphatic carbocycles. The molecule has 2 aliphatic heterocycles. The number of likely N-dealkylation sites (tertiary alicyclic amines) is 2. The molecule has 0 N–H and O–H groups in total. The SMILES string of the molecule is CSc1ccc(CN2CCC3(CCC(=O)N(Cc4ccncc4)C3)CC2)cc1. The van der Waals surface area contributed by atoms with Crippen molar-refractivity contribution in [2.45, 2.75) is 43.7 Å². The van der Waals surface area contributed by atoms with Crippen molar-refractivity contribution in [3.63, 3.8) is 0 Å². The number of hydrogen-bond acceptors (Lipinski definition) is 4. The molecule has 3 heterocycles. The summed E-state index contributed by atoms with van der Waals surface area (Å²) in [4.78, 5) is 22.5. The van der Waals surface area contributed by atoms with Gasteiger partial charge in [0.05, 0.1) is 0 Å². The Morgan fingerprint density at radius 3 is 2.32 bits per heavy atom. The van der Waals surface area contributed by atoms with E-state index in [4.69, 9.17) is 0 Å². The maximum absolute atomic E-state index is 12.5. The Kier molecular flexibility index (Phi) is 6.02. The van der Waals surface area contributed by atoms with Gasteiger partial charge in [0.2, 0.25) is 5.91 Å². The van der Waals surface area contributed by atoms with Crippen molar-refractivity contribution in [3.05, 3.63) is 59.9 Å². The van der Waals surface area contributed by atoms with Crippen molar-refractivity contribution in [1.29, 1.82) is 0 Å². The number of carbonyl (C=O) groups excluding carboxylic acids is 1. The van der Waals surface area contributed by atoms with Gasteiger partial charge in [-0.05, 0) is 79.4 Å². The summed E-state index contributed by atoms with van der Waals surface area (Å²) in [5.74, 6) is 0.304. The van der Waals surface area contributed by atoms with E-state index in [0.717, 1.165) is 32.6 Å². The third-order valence-corrected chi connectivity index (χ3v) is 7.10. The molecular weight excluding hydrogens is 366 g/mol. The third kappa shape index (κ3) is 4.58. The number of rotatable bonds is 5. The Balaban J connectivity index is 1.34. The molecule has 148 valence electrons. The maximum atomic E-state index is 12.5. The Labute approximate surface area is 172 Å². The normalized spacial score (nSPS) is 19.9. The van der Waals surface area contributed by atoms with Gasteiger partial charge in [0, 0.05) is 43.3 Å². The Hall–Kier alpha value is -1.85. The number of carbonyl (C=O) groups is 1. The lowest BCUT2D eigenvalue weighted by molar-refractivity contribution is -0.140. The molecule has 2 saturated heterocycles. The quantitative estimate of drug-likeness (QED) is 0.711. The minimum Gasteiger partial charge on any atom is -0.338 e. The molecule has 0 radical (unpaired) electrons. The number of hydrogen-bond donors (Lipinski definition) is 0. The largest absolute Gasteiger partial charge is 0.338 e. The molecule has 28 heavy (non-hydrogen) atoms. The van der Waals surface area contributed by atoms with Crippen molar-refractivity contribution in [2.75, 3.05) is 25.9 Å². The summed E-state index contributed by atoms with van der Waals surface area (Å²) in [5.41, 5.74) is 2.87. The fourth-order valence-electron chi connectivity index (χ4n) is 4.54. The lowest BCUT2D eigenvalue weighted by Crippen LogP contribution is -2.51. The van der Waals surface area contributed by atoms with Gasteiger partial charge in [0.1, 0.15) is 0 Å². The number of thioether (sulfide) groups is 1. The van der Waals surface area contributed by atoms with Gasteiger partial charge in [-0.15, -0.1) is 11.8 Å². The summed E-state index contributed by atoms with van der Waals surface area (Å²) >= 11 is 1.79. The Morgan fingerprint density at radius 1 is 0.964 bits per heavy atom. The van der Waals surface area contributed by atoms with E-state index in [2.05, 4.69) is 45.3 Å². The van der Waals surface area contributed by atoms with Crippen LogP contribution in [0.4, 0.5) is 0 Å². The summed E-state index contributed by atoms with van der Waals surface area (Å²) in [7, 11) is 0. The zero-order chi connectivity index (χ0) is 19.4. The zero-order valence-electron chi connectivity index (χ0n) is 16.6. The van der Waals surface area contributed by atoms with Crippen molar-refractivity contribution in [2.24, 2.45) is 5.41 Å². The van der Waals surface area contributed by atoms with E-state index in [0.29, 0.717) is 24.3 Å². The van der Waals surface area contributed by atoms with Crippen molar-refractivity contribution >= 4 is 17.7 Å². The highest BCUT2D eigenvalue weighted by molar-refractivity contribution is 7.98. The fraction of sp³-hybridized carbons (Fsp3) is 0.478. The molecule has 0 unspecified atom stereocenters. The molecule has 0 saturated carbocycles. The smallest absolute Gasteiger partial charge is 0.222 e. The molecule has 1 spiro atoms. The van der Waals surface area contributed by atoms with Crippen LogP contribution in [0.15, 0.2) is 53.7 Å². The second-order valence-corrected chi connectivity index (χ2v) is 9.11. The van der Waals surface area contributed by atoms with Gasteiger partial charge in [-0.25, -0.2) is 0 Å². The van der Waals surface area contributed by atoms with E-state index in [1.807, 2.05) is 24.5 Å². The van der Waals surface area contributed by atoms with Gasteiger partial charge in [-0.2, -0.15) is 0 Å². The molecule has 2 aromatic rings. The van der Waals surface area contributed by atoms with Crippen LogP contribution < -0.4 is 0 Å². The van der Waals surface area contributed by atoms with Crippen molar-refractivity contribution in [3.8, 4) is 0 Å². The topological polar surface area (TPSA) is 36.4 Å². The van der Waals surface area contributed by atoms with Crippen LogP contribution in [0.1, 0.15) is 36.8 Å². The van der Waals surface area contributed by atoms with E-state index < -0.39 is 0 Å². The lowest BCUT2D eigenvalue weighted by Gasteiger charge is -2.47. The molecule has 1 aromatic heterocycles. The summed E-state index contributed by atoms with van der Waals surface area (Å²) in [6.07, 6.45) is 9.86. The van der Waals surface area contributed by atoms with Crippen LogP contribution in [0.2, 0.25) is 0 Å². The number of nitrogens with zero attached hydrogens (tertiary/aromatic N) is 3. The summed E-state index contributed by atoms with van der Waals surface area (Å²) in [5, 5.41) is 0. The van der Waals surface area contributed by atoms with E-state index in [9.17, 15) is 4.79 Å². The van der Waals surface area contributed by atoms with Crippen LogP contribution in [0.5, 0.6) is 0 Å². The molecule has 2 fully saturated rings. The lowest BCUT2D eigenvalue weighted by atomic mass is 9.72. The van der Waals surface area contributed by atoms with Crippen LogP contribution in [0, 0.1) is 5.41 Å². The van der Waals surface area contributed by atoms with E-state index >= 15 is 0 Å². The highest BCUT2D eigenvalue weighted by Crippen LogP contribution is 2.40. The average Bonchev–Trinajstić information content (AvgIpc) is 2.74. The van der Waals surface area contributed by atoms with Crippen LogP contribution in [-0.2, 0) is 17.9 Å². The van der Waals surface area contributed by atoms with Gasteiger partial charge in [-0.3, -0.25) is 14.7 Å². The van der Waals surface area contributed by atoms with Gasteiger partial charge >= 0.3 is 0 Å². The fourth-order valence-corrected chi connectivity index (χ4v) is 4.95. The number of piperidine rings is 2. The molecule has 0 bridgehead atoms. The molecular formula is C23H29N3OS. The highest BCUT2D eigenvalue weighted by Gasteiger charge is 2.40. The molecule has 4 nitrogen and oxygen atoms in total. The second-order valence-electron chi connectivity index (χ2n) is 8.23. The van der Waals surface area contributed by atoms with Crippen LogP contribution in [0.3, 0.4) is 0 Å². The summed E-state index contributed by atoms with van der Waals surface area (Å²) in [6.45, 7) is 4.91. The van der Waals surface area contributed by atoms with Gasteiger partial charge < -0.3 is 4.90 Å². The van der Waals surface area contributed by atoms with Gasteiger partial charge in [-0.1, -0.05) is 12.1 Å². The summed E-state index contributed by atoms with van der Waals surface area (Å²) in [6, 6.07) is 13.0. The Bertz CT molecular complexity index is 785. The van der Waals surface area contributed by atoms with Gasteiger partial charge in [0.25, 0.3) is 0 Å². The van der Waals surface area contributed by atoms with E-state index in [1.165, 1.54) is 28.9 Å². The molecule has 5 heteroatoms. The number of aromatic nitrogens is 1. The predicted octanol–water partition coefficient (Wildman–Crippen LogP) is 4.21. The number of pyridine rings is 1. The first kappa shape index (κ1) is 19.5. The molecule has 0 atom stereocenters. The Morgan fingerprint density at radius 2 is 1.64 bits per heavy atom. The minimum absolute atomic E-state index is 0.304. The highest BCUT2D eigenvalue weighted by atomic mass is 32.2. The third-order valence-electron chi connectivity index (χ3n) is 6.35. The maximum Gasteiger partial charge on any atom is 0.222 e. The van der Waals surface area contributed by atoms with Crippen LogP contribution in [-0.4, -0.2) is 46.6 Å². The van der Waals surface area contributed by atoms with E-state index in [1.54, 1.807) is 11.8 Å². The average molecular weight is 396 g/mol. The van der Waals surface area contributed by atoms with Crippen LogP contribution >= 0.6 is 11.8 Å². The van der Waals surface area contributed by atoms with Crippen molar-refractivity contribution in [1.82, 2.24) is 14.8 Å². The predicted molar refractivity (Wildman–Crippen MR) is 114 cm³/mol. The van der Waals surface area contributed by atoms with E-state index in [-0.39, 0.29) is 0 Å². The standard InChI is InChI=1S/C23H29N3OS/c1-28-21-4-2-19(3-5-21)16-25-14-10-23(11-15-25)9-6-22(27)26(18-23)17-20-7-12-24-13-8-20/h2-5,7-8,12-13H,6,9-11,14-18H2,1H3. The molecule has 1 aromatic carbocycles. The first-order valence-corrected chi connectivity index (χ1v) is 11.4. The van der Waals surface area contributed by atoms with Gasteiger partial charge in [0.15, 0.2) is 0 Å². The molecule has 4 rings (SSSR count). The number of benzene rings is 1. The molecule has 1 amide bonds. The number of amides is 1. The van der Waals surface area contributed by atoms with Crippen molar-refractivity contribution < 1.29 is 4.79 Å². The first-order valence-electron chi connectivity index (χ1n) is 10.2. The molecule has 2 aliphatic rings. The second kappa shape index (κ2) is 8.66. The first-order chi connectivity index (χ1) is 13.7.